The number of likely N-dealkylation sites (tertiary alicyclic amines) is 1. The van der Waals surface area contributed by atoms with Gasteiger partial charge in [-0.15, -0.1) is 11.6 Å². The van der Waals surface area contributed by atoms with Crippen LogP contribution in [0.1, 0.15) is 40.5 Å². The predicted molar refractivity (Wildman–Crippen MR) is 66.5 cm³/mol. The molecule has 0 aromatic carbocycles. The van der Waals surface area contributed by atoms with Crippen molar-refractivity contribution in [2.24, 2.45) is 16.7 Å². The average molecular weight is 244 g/mol. The maximum absolute atomic E-state index is 12.5. The first kappa shape index (κ1) is 12.2. The zero-order valence-corrected chi connectivity index (χ0v) is 11.5. The number of amides is 1. The van der Waals surface area contributed by atoms with E-state index in [1.54, 1.807) is 0 Å². The monoisotopic (exact) mass is 243 g/mol. The van der Waals surface area contributed by atoms with Gasteiger partial charge in [-0.1, -0.05) is 27.7 Å². The van der Waals surface area contributed by atoms with Gasteiger partial charge in [0.05, 0.1) is 0 Å². The summed E-state index contributed by atoms with van der Waals surface area (Å²) in [5, 5.41) is 0. The van der Waals surface area contributed by atoms with Crippen molar-refractivity contribution >= 4 is 17.5 Å². The molecule has 16 heavy (non-hydrogen) atoms. The van der Waals surface area contributed by atoms with Crippen LogP contribution in [-0.2, 0) is 4.79 Å². The third kappa shape index (κ3) is 1.49. The lowest BCUT2D eigenvalue weighted by atomic mass is 10.0. The average Bonchev–Trinajstić information content (AvgIpc) is 2.58. The molecule has 1 unspecified atom stereocenters. The summed E-state index contributed by atoms with van der Waals surface area (Å²) in [7, 11) is 0. The van der Waals surface area contributed by atoms with E-state index in [1.165, 1.54) is 0 Å². The van der Waals surface area contributed by atoms with E-state index in [2.05, 4.69) is 27.7 Å². The van der Waals surface area contributed by atoms with Gasteiger partial charge in [0.1, 0.15) is 0 Å². The van der Waals surface area contributed by atoms with Crippen molar-refractivity contribution in [3.8, 4) is 0 Å². The summed E-state index contributed by atoms with van der Waals surface area (Å²) in [6.07, 6.45) is 2.18. The van der Waals surface area contributed by atoms with Crippen LogP contribution in [0, 0.1) is 16.7 Å². The molecule has 0 aromatic rings. The molecule has 0 radical (unpaired) electrons. The molecule has 2 rings (SSSR count). The number of nitrogens with zero attached hydrogens (tertiary/aromatic N) is 1. The van der Waals surface area contributed by atoms with E-state index in [4.69, 9.17) is 11.6 Å². The summed E-state index contributed by atoms with van der Waals surface area (Å²) in [6, 6.07) is 0.279. The van der Waals surface area contributed by atoms with E-state index in [0.29, 0.717) is 11.8 Å². The van der Waals surface area contributed by atoms with Crippen molar-refractivity contribution in [1.82, 2.24) is 4.90 Å². The summed E-state index contributed by atoms with van der Waals surface area (Å²) in [6.45, 7) is 9.68. The van der Waals surface area contributed by atoms with E-state index >= 15 is 0 Å². The van der Waals surface area contributed by atoms with Gasteiger partial charge in [-0.05, 0) is 23.7 Å². The fourth-order valence-electron chi connectivity index (χ4n) is 3.27. The molecule has 3 heteroatoms. The molecule has 1 aliphatic carbocycles. The van der Waals surface area contributed by atoms with Crippen LogP contribution in [-0.4, -0.2) is 29.3 Å². The topological polar surface area (TPSA) is 20.3 Å². The van der Waals surface area contributed by atoms with Crippen LogP contribution in [0.15, 0.2) is 0 Å². The highest BCUT2D eigenvalue weighted by atomic mass is 35.5. The van der Waals surface area contributed by atoms with Crippen molar-refractivity contribution in [2.75, 3.05) is 12.4 Å². The van der Waals surface area contributed by atoms with E-state index < -0.39 is 0 Å². The molecular weight excluding hydrogens is 222 g/mol. The second kappa shape index (κ2) is 3.63. The Labute approximate surface area is 103 Å². The third-order valence-electron chi connectivity index (χ3n) is 5.11. The van der Waals surface area contributed by atoms with E-state index in [9.17, 15) is 4.79 Å². The van der Waals surface area contributed by atoms with Crippen molar-refractivity contribution in [2.45, 2.75) is 46.6 Å². The number of rotatable bonds is 2. The molecule has 1 aliphatic heterocycles. The van der Waals surface area contributed by atoms with Gasteiger partial charge in [0, 0.05) is 24.4 Å². The van der Waals surface area contributed by atoms with Crippen molar-refractivity contribution < 1.29 is 4.79 Å². The van der Waals surface area contributed by atoms with Gasteiger partial charge in [-0.3, -0.25) is 4.79 Å². The van der Waals surface area contributed by atoms with Crippen LogP contribution in [0.4, 0.5) is 0 Å². The molecule has 1 saturated carbocycles. The molecule has 2 aliphatic rings. The Morgan fingerprint density at radius 3 is 2.31 bits per heavy atom. The molecule has 2 fully saturated rings. The van der Waals surface area contributed by atoms with Crippen molar-refractivity contribution in [1.29, 1.82) is 0 Å². The highest BCUT2D eigenvalue weighted by molar-refractivity contribution is 6.18. The Bertz CT molecular complexity index is 297. The minimum absolute atomic E-state index is 0.142. The van der Waals surface area contributed by atoms with Gasteiger partial charge >= 0.3 is 0 Å². The molecule has 1 atom stereocenters. The Kier molecular flexibility index (Phi) is 2.77. The number of alkyl halides is 1. The van der Waals surface area contributed by atoms with Gasteiger partial charge in [-0.25, -0.2) is 0 Å². The van der Waals surface area contributed by atoms with Gasteiger partial charge in [0.15, 0.2) is 0 Å². The lowest BCUT2D eigenvalue weighted by Crippen LogP contribution is -2.38. The molecule has 0 spiro atoms. The highest BCUT2D eigenvalue weighted by Crippen LogP contribution is 2.69. The molecular formula is C13H22ClNO. The number of carbonyl (C=O) groups excluding carboxylic acids is 1. The second-order valence-electron chi connectivity index (χ2n) is 6.36. The van der Waals surface area contributed by atoms with E-state index in [-0.39, 0.29) is 22.8 Å². The van der Waals surface area contributed by atoms with Crippen LogP contribution in [0.3, 0.4) is 0 Å². The van der Waals surface area contributed by atoms with Crippen molar-refractivity contribution in [3.05, 3.63) is 0 Å². The summed E-state index contributed by atoms with van der Waals surface area (Å²) >= 11 is 5.92. The van der Waals surface area contributed by atoms with Crippen LogP contribution >= 0.6 is 11.6 Å². The van der Waals surface area contributed by atoms with Gasteiger partial charge in [0.2, 0.25) is 5.91 Å². The molecule has 1 saturated heterocycles. The maximum Gasteiger partial charge on any atom is 0.227 e. The smallest absolute Gasteiger partial charge is 0.227 e. The largest absolute Gasteiger partial charge is 0.338 e. The number of hydrogen-bond acceptors (Lipinski definition) is 1. The van der Waals surface area contributed by atoms with E-state index in [0.717, 1.165) is 19.4 Å². The Balaban J connectivity index is 2.10. The minimum atomic E-state index is 0.142. The maximum atomic E-state index is 12.5. The molecule has 0 aromatic heterocycles. The third-order valence-corrected chi connectivity index (χ3v) is 5.46. The molecule has 2 nitrogen and oxygen atoms in total. The van der Waals surface area contributed by atoms with Gasteiger partial charge in [0.25, 0.3) is 0 Å². The van der Waals surface area contributed by atoms with Gasteiger partial charge < -0.3 is 4.90 Å². The van der Waals surface area contributed by atoms with Crippen LogP contribution in [0.25, 0.3) is 0 Å². The molecule has 1 heterocycles. The first-order valence-corrected chi connectivity index (χ1v) is 6.74. The fraction of sp³-hybridized carbons (Fsp3) is 0.923. The summed E-state index contributed by atoms with van der Waals surface area (Å²) in [5.74, 6) is 1.10. The highest BCUT2D eigenvalue weighted by Gasteiger charge is 2.69. The summed E-state index contributed by atoms with van der Waals surface area (Å²) < 4.78 is 0. The lowest BCUT2D eigenvalue weighted by molar-refractivity contribution is -0.134. The molecule has 1 amide bonds. The first-order chi connectivity index (χ1) is 7.34. The quantitative estimate of drug-likeness (QED) is 0.683. The Morgan fingerprint density at radius 2 is 1.88 bits per heavy atom. The van der Waals surface area contributed by atoms with E-state index in [1.807, 2.05) is 4.90 Å². The predicted octanol–water partition coefficient (Wildman–Crippen LogP) is 2.90. The normalized spacial score (nSPS) is 31.8. The zero-order chi connectivity index (χ0) is 12.1. The lowest BCUT2D eigenvalue weighted by Gasteiger charge is -2.24. The first-order valence-electron chi connectivity index (χ1n) is 6.20. The van der Waals surface area contributed by atoms with Crippen LogP contribution in [0.5, 0.6) is 0 Å². The standard InChI is InChI=1S/C13H22ClNO/c1-12(2)10(13(12,3)4)11(16)15-7-5-6-9(15)8-14/h9-10H,5-8H2,1-4H3. The number of halogens is 1. The molecule has 0 N–H and O–H groups in total. The minimum Gasteiger partial charge on any atom is -0.338 e. The fourth-order valence-corrected chi connectivity index (χ4v) is 3.59. The zero-order valence-electron chi connectivity index (χ0n) is 10.7. The molecule has 0 bridgehead atoms. The molecule has 92 valence electrons. The summed E-state index contributed by atoms with van der Waals surface area (Å²) in [4.78, 5) is 14.5. The summed E-state index contributed by atoms with van der Waals surface area (Å²) in [5.41, 5.74) is 0.285. The second-order valence-corrected chi connectivity index (χ2v) is 6.67. The van der Waals surface area contributed by atoms with Crippen molar-refractivity contribution in [3.63, 3.8) is 0 Å². The van der Waals surface area contributed by atoms with Crippen LogP contribution < -0.4 is 0 Å². The SMILES string of the molecule is CC1(C)C(C(=O)N2CCCC2CCl)C1(C)C. The Morgan fingerprint density at radius 1 is 1.31 bits per heavy atom. The van der Waals surface area contributed by atoms with Gasteiger partial charge in [-0.2, -0.15) is 0 Å². The number of hydrogen-bond donors (Lipinski definition) is 0. The Hall–Kier alpha value is -0.240. The number of carbonyl (C=O) groups is 1. The van der Waals surface area contributed by atoms with Crippen LogP contribution in [0.2, 0.25) is 0 Å².